The van der Waals surface area contributed by atoms with Crippen molar-refractivity contribution in [1.29, 1.82) is 0 Å². The van der Waals surface area contributed by atoms with E-state index in [-0.39, 0.29) is 24.2 Å². The Balaban J connectivity index is 1.71. The maximum atomic E-state index is 13.3. The van der Waals surface area contributed by atoms with Gasteiger partial charge in [-0.15, -0.1) is 0 Å². The van der Waals surface area contributed by atoms with Gasteiger partial charge in [-0.2, -0.15) is 0 Å². The number of hydrogen-bond acceptors (Lipinski definition) is 5. The number of nitrogens with zero attached hydrogens (tertiary/aromatic N) is 4. The van der Waals surface area contributed by atoms with Crippen molar-refractivity contribution < 1.29 is 13.7 Å². The molecule has 0 radical (unpaired) electrons. The van der Waals surface area contributed by atoms with Crippen molar-refractivity contribution in [3.05, 3.63) is 64.6 Å². The van der Waals surface area contributed by atoms with E-state index in [1.807, 2.05) is 24.9 Å². The molecule has 6 nitrogen and oxygen atoms in total. The van der Waals surface area contributed by atoms with Crippen LogP contribution in [0.5, 0.6) is 0 Å². The Labute approximate surface area is 187 Å². The second-order valence-corrected chi connectivity index (χ2v) is 8.46. The zero-order valence-corrected chi connectivity index (χ0v) is 18.9. The summed E-state index contributed by atoms with van der Waals surface area (Å²) in [4.78, 5) is 24.7. The molecule has 0 aliphatic carbocycles. The van der Waals surface area contributed by atoms with Gasteiger partial charge in [-0.05, 0) is 57.2 Å². The standard InChI is InChI=1S/C25H29FN4O2/c1-4-7-22-27-15-20(25-16(2)17(3)29-32-25)24(28-22)21-8-5-6-13-30(21)23(31)14-18-9-11-19(26)12-10-18/h9-12,15,21H,4-8,13-14H2,1-3H3/t21-/m0/s1. The predicted octanol–water partition coefficient (Wildman–Crippen LogP) is 5.14. The van der Waals surface area contributed by atoms with Gasteiger partial charge in [-0.1, -0.05) is 24.2 Å². The molecule has 1 aromatic carbocycles. The fourth-order valence-electron chi connectivity index (χ4n) is 4.27. The van der Waals surface area contributed by atoms with Crippen LogP contribution in [-0.2, 0) is 17.6 Å². The number of carbonyl (C=O) groups excluding carboxylic acids is 1. The predicted molar refractivity (Wildman–Crippen MR) is 119 cm³/mol. The third-order valence-corrected chi connectivity index (χ3v) is 6.15. The molecule has 0 saturated carbocycles. The van der Waals surface area contributed by atoms with Gasteiger partial charge in [0.25, 0.3) is 0 Å². The highest BCUT2D eigenvalue weighted by Crippen LogP contribution is 2.37. The van der Waals surface area contributed by atoms with E-state index in [1.54, 1.807) is 12.1 Å². The van der Waals surface area contributed by atoms with Gasteiger partial charge in [0, 0.05) is 24.7 Å². The molecular formula is C25H29FN4O2. The SMILES string of the molecule is CCCc1ncc(-c2onc(C)c2C)c([C@@H]2CCCCN2C(=O)Cc2ccc(F)cc2)n1. The molecule has 1 aliphatic rings. The molecule has 0 spiro atoms. The third kappa shape index (κ3) is 4.56. The highest BCUT2D eigenvalue weighted by Gasteiger charge is 2.32. The maximum Gasteiger partial charge on any atom is 0.227 e. The summed E-state index contributed by atoms with van der Waals surface area (Å²) in [5.74, 6) is 1.16. The molecule has 1 atom stereocenters. The van der Waals surface area contributed by atoms with Crippen LogP contribution < -0.4 is 0 Å². The highest BCUT2D eigenvalue weighted by atomic mass is 19.1. The minimum atomic E-state index is -0.302. The summed E-state index contributed by atoms with van der Waals surface area (Å²) < 4.78 is 18.9. The van der Waals surface area contributed by atoms with Gasteiger partial charge in [-0.3, -0.25) is 4.79 Å². The zero-order valence-electron chi connectivity index (χ0n) is 18.9. The van der Waals surface area contributed by atoms with Gasteiger partial charge in [0.2, 0.25) is 5.91 Å². The molecule has 0 N–H and O–H groups in total. The van der Waals surface area contributed by atoms with Crippen molar-refractivity contribution in [2.75, 3.05) is 6.54 Å². The normalized spacial score (nSPS) is 16.4. The van der Waals surface area contributed by atoms with E-state index >= 15 is 0 Å². The Morgan fingerprint density at radius 3 is 2.69 bits per heavy atom. The Bertz CT molecular complexity index is 1090. The molecule has 0 bridgehead atoms. The number of carbonyl (C=O) groups is 1. The number of rotatable bonds is 6. The number of halogens is 1. The molecule has 32 heavy (non-hydrogen) atoms. The van der Waals surface area contributed by atoms with Crippen molar-refractivity contribution in [2.24, 2.45) is 0 Å². The lowest BCUT2D eigenvalue weighted by atomic mass is 9.94. The van der Waals surface area contributed by atoms with Gasteiger partial charge >= 0.3 is 0 Å². The topological polar surface area (TPSA) is 72.1 Å². The first-order valence-corrected chi connectivity index (χ1v) is 11.3. The fourth-order valence-corrected chi connectivity index (χ4v) is 4.27. The molecule has 1 fully saturated rings. The first-order valence-electron chi connectivity index (χ1n) is 11.3. The van der Waals surface area contributed by atoms with Crippen LogP contribution in [0.4, 0.5) is 4.39 Å². The van der Waals surface area contributed by atoms with Crippen LogP contribution in [0, 0.1) is 19.7 Å². The largest absolute Gasteiger partial charge is 0.356 e. The van der Waals surface area contributed by atoms with E-state index < -0.39 is 0 Å². The van der Waals surface area contributed by atoms with E-state index in [2.05, 4.69) is 17.1 Å². The average molecular weight is 437 g/mol. The van der Waals surface area contributed by atoms with Gasteiger partial charge < -0.3 is 9.42 Å². The number of likely N-dealkylation sites (tertiary alicyclic amines) is 1. The smallest absolute Gasteiger partial charge is 0.227 e. The number of benzene rings is 1. The second-order valence-electron chi connectivity index (χ2n) is 8.46. The van der Waals surface area contributed by atoms with Crippen molar-refractivity contribution in [3.8, 4) is 11.3 Å². The van der Waals surface area contributed by atoms with Crippen molar-refractivity contribution in [2.45, 2.75) is 65.3 Å². The van der Waals surface area contributed by atoms with Crippen LogP contribution in [0.15, 0.2) is 35.0 Å². The van der Waals surface area contributed by atoms with E-state index in [4.69, 9.17) is 9.51 Å². The molecule has 168 valence electrons. The van der Waals surface area contributed by atoms with Crippen molar-refractivity contribution in [1.82, 2.24) is 20.0 Å². The van der Waals surface area contributed by atoms with Gasteiger partial charge in [-0.25, -0.2) is 14.4 Å². The number of aromatic nitrogens is 3. The minimum absolute atomic E-state index is 0.0217. The summed E-state index contributed by atoms with van der Waals surface area (Å²) in [6, 6.07) is 5.97. The van der Waals surface area contributed by atoms with E-state index in [9.17, 15) is 9.18 Å². The van der Waals surface area contributed by atoms with E-state index in [0.717, 1.165) is 66.0 Å². The van der Waals surface area contributed by atoms with E-state index in [0.29, 0.717) is 12.3 Å². The summed E-state index contributed by atoms with van der Waals surface area (Å²) >= 11 is 0. The summed E-state index contributed by atoms with van der Waals surface area (Å²) in [6.07, 6.45) is 6.57. The van der Waals surface area contributed by atoms with Crippen LogP contribution >= 0.6 is 0 Å². The number of aryl methyl sites for hydroxylation is 2. The summed E-state index contributed by atoms with van der Waals surface area (Å²) in [6.45, 7) is 6.66. The molecule has 1 aliphatic heterocycles. The lowest BCUT2D eigenvalue weighted by molar-refractivity contribution is -0.134. The first-order chi connectivity index (χ1) is 15.5. The van der Waals surface area contributed by atoms with Crippen LogP contribution in [-0.4, -0.2) is 32.5 Å². The Morgan fingerprint density at radius 2 is 2.00 bits per heavy atom. The molecule has 0 unspecified atom stereocenters. The Kier molecular flexibility index (Phi) is 6.63. The second kappa shape index (κ2) is 9.59. The number of amides is 1. The quantitative estimate of drug-likeness (QED) is 0.535. The highest BCUT2D eigenvalue weighted by molar-refractivity contribution is 5.80. The average Bonchev–Trinajstić information content (AvgIpc) is 3.13. The first kappa shape index (κ1) is 22.1. The van der Waals surface area contributed by atoms with Gasteiger partial charge in [0.15, 0.2) is 5.76 Å². The van der Waals surface area contributed by atoms with Crippen molar-refractivity contribution >= 4 is 5.91 Å². The molecular weight excluding hydrogens is 407 g/mol. The van der Waals surface area contributed by atoms with Crippen LogP contribution in [0.1, 0.15) is 67.0 Å². The molecule has 1 amide bonds. The van der Waals surface area contributed by atoms with Crippen molar-refractivity contribution in [3.63, 3.8) is 0 Å². The van der Waals surface area contributed by atoms with Crippen LogP contribution in [0.2, 0.25) is 0 Å². The lowest BCUT2D eigenvalue weighted by Crippen LogP contribution is -2.40. The van der Waals surface area contributed by atoms with Crippen LogP contribution in [0.25, 0.3) is 11.3 Å². The molecule has 2 aromatic heterocycles. The third-order valence-electron chi connectivity index (χ3n) is 6.15. The zero-order chi connectivity index (χ0) is 22.7. The minimum Gasteiger partial charge on any atom is -0.356 e. The number of piperidine rings is 1. The maximum absolute atomic E-state index is 13.3. The Hall–Kier alpha value is -3.09. The molecule has 3 heterocycles. The summed E-state index contributed by atoms with van der Waals surface area (Å²) in [5.41, 5.74) is 4.22. The summed E-state index contributed by atoms with van der Waals surface area (Å²) in [7, 11) is 0. The molecule has 4 rings (SSSR count). The Morgan fingerprint density at radius 1 is 1.22 bits per heavy atom. The monoisotopic (exact) mass is 436 g/mol. The molecule has 7 heteroatoms. The van der Waals surface area contributed by atoms with Crippen LogP contribution in [0.3, 0.4) is 0 Å². The lowest BCUT2D eigenvalue weighted by Gasteiger charge is -2.36. The number of hydrogen-bond donors (Lipinski definition) is 0. The van der Waals surface area contributed by atoms with Gasteiger partial charge in [0.05, 0.1) is 29.4 Å². The summed E-state index contributed by atoms with van der Waals surface area (Å²) in [5, 5.41) is 4.11. The molecule has 3 aromatic rings. The van der Waals surface area contributed by atoms with E-state index in [1.165, 1.54) is 12.1 Å². The molecule has 1 saturated heterocycles. The van der Waals surface area contributed by atoms with Gasteiger partial charge in [0.1, 0.15) is 11.6 Å². The fraction of sp³-hybridized carbons (Fsp3) is 0.440.